The summed E-state index contributed by atoms with van der Waals surface area (Å²) in [7, 11) is 0. The summed E-state index contributed by atoms with van der Waals surface area (Å²) in [6, 6.07) is 0.611. The lowest BCUT2D eigenvalue weighted by Gasteiger charge is -2.30. The van der Waals surface area contributed by atoms with Crippen LogP contribution in [-0.4, -0.2) is 37.1 Å². The fourth-order valence-corrected chi connectivity index (χ4v) is 1.57. The Labute approximate surface area is 88.1 Å². The second-order valence-electron chi connectivity index (χ2n) is 5.14. The van der Waals surface area contributed by atoms with Crippen LogP contribution in [-0.2, 0) is 0 Å². The summed E-state index contributed by atoms with van der Waals surface area (Å²) in [6.45, 7) is 13.0. The molecule has 2 heteroatoms. The highest BCUT2D eigenvalue weighted by atomic mass is 15.2. The van der Waals surface area contributed by atoms with Crippen LogP contribution in [0.15, 0.2) is 0 Å². The molecule has 0 aromatic heterocycles. The van der Waals surface area contributed by atoms with Gasteiger partial charge in [0.25, 0.3) is 0 Å². The van der Waals surface area contributed by atoms with Crippen molar-refractivity contribution in [2.45, 2.75) is 33.7 Å². The highest BCUT2D eigenvalue weighted by Gasteiger charge is 2.13. The Morgan fingerprint density at radius 1 is 1.43 bits per heavy atom. The molecule has 1 saturated heterocycles. The minimum Gasteiger partial charge on any atom is -0.312 e. The molecule has 1 N–H and O–H groups in total. The minimum atomic E-state index is 0.139. The third-order valence-corrected chi connectivity index (χ3v) is 2.22. The van der Waals surface area contributed by atoms with Gasteiger partial charge in [-0.25, -0.2) is 0 Å². The van der Waals surface area contributed by atoms with Crippen molar-refractivity contribution in [3.8, 4) is 11.8 Å². The number of piperazine rings is 1. The van der Waals surface area contributed by atoms with Crippen molar-refractivity contribution >= 4 is 0 Å². The summed E-state index contributed by atoms with van der Waals surface area (Å²) in [6.07, 6.45) is 0. The summed E-state index contributed by atoms with van der Waals surface area (Å²) < 4.78 is 0. The van der Waals surface area contributed by atoms with Gasteiger partial charge in [0, 0.05) is 31.1 Å². The molecule has 1 rings (SSSR count). The topological polar surface area (TPSA) is 15.3 Å². The van der Waals surface area contributed by atoms with Crippen molar-refractivity contribution in [1.82, 2.24) is 10.2 Å². The molecule has 0 amide bonds. The maximum Gasteiger partial charge on any atom is 0.0602 e. The highest BCUT2D eigenvalue weighted by Crippen LogP contribution is 2.09. The van der Waals surface area contributed by atoms with Crippen LogP contribution in [0.4, 0.5) is 0 Å². The predicted molar refractivity (Wildman–Crippen MR) is 61.1 cm³/mol. The summed E-state index contributed by atoms with van der Waals surface area (Å²) >= 11 is 0. The first kappa shape index (κ1) is 11.6. The zero-order chi connectivity index (χ0) is 10.6. The largest absolute Gasteiger partial charge is 0.312 e. The van der Waals surface area contributed by atoms with Gasteiger partial charge in [-0.1, -0.05) is 11.8 Å². The second kappa shape index (κ2) is 4.82. The van der Waals surface area contributed by atoms with E-state index < -0.39 is 0 Å². The van der Waals surface area contributed by atoms with Gasteiger partial charge in [0.1, 0.15) is 0 Å². The maximum atomic E-state index is 3.43. The standard InChI is InChI=1S/C12H22N2/c1-11-10-14(9-7-13-11)8-5-6-12(2,3)4/h11,13H,7-10H2,1-4H3. The predicted octanol–water partition coefficient (Wildman–Crippen LogP) is 1.33. The lowest BCUT2D eigenvalue weighted by atomic mass is 9.98. The molecule has 1 aliphatic heterocycles. The molecular formula is C12H22N2. The van der Waals surface area contributed by atoms with Crippen molar-refractivity contribution < 1.29 is 0 Å². The van der Waals surface area contributed by atoms with E-state index in [4.69, 9.17) is 0 Å². The average molecular weight is 194 g/mol. The maximum absolute atomic E-state index is 3.43. The van der Waals surface area contributed by atoms with E-state index in [0.717, 1.165) is 26.2 Å². The van der Waals surface area contributed by atoms with Crippen LogP contribution < -0.4 is 5.32 Å². The Hall–Kier alpha value is -0.520. The van der Waals surface area contributed by atoms with Crippen LogP contribution >= 0.6 is 0 Å². The Kier molecular flexibility index (Phi) is 3.97. The van der Waals surface area contributed by atoms with Crippen LogP contribution in [0.5, 0.6) is 0 Å². The number of hydrogen-bond donors (Lipinski definition) is 1. The molecule has 0 aliphatic carbocycles. The molecule has 0 saturated carbocycles. The van der Waals surface area contributed by atoms with Gasteiger partial charge in [-0.05, 0) is 27.7 Å². The third-order valence-electron chi connectivity index (χ3n) is 2.22. The summed E-state index contributed by atoms with van der Waals surface area (Å²) in [5.41, 5.74) is 0.139. The molecule has 0 radical (unpaired) electrons. The van der Waals surface area contributed by atoms with E-state index in [1.54, 1.807) is 0 Å². The fraction of sp³-hybridized carbons (Fsp3) is 0.833. The Morgan fingerprint density at radius 2 is 2.14 bits per heavy atom. The molecule has 1 unspecified atom stereocenters. The van der Waals surface area contributed by atoms with Gasteiger partial charge in [0.2, 0.25) is 0 Å². The molecule has 80 valence electrons. The van der Waals surface area contributed by atoms with Gasteiger partial charge >= 0.3 is 0 Å². The smallest absolute Gasteiger partial charge is 0.0602 e. The quantitative estimate of drug-likeness (QED) is 0.634. The first-order valence-corrected chi connectivity index (χ1v) is 5.43. The van der Waals surface area contributed by atoms with Gasteiger partial charge < -0.3 is 5.32 Å². The molecule has 1 heterocycles. The summed E-state index contributed by atoms with van der Waals surface area (Å²) in [5, 5.41) is 3.43. The van der Waals surface area contributed by atoms with E-state index in [1.165, 1.54) is 0 Å². The third kappa shape index (κ3) is 4.64. The molecule has 1 aliphatic rings. The fourth-order valence-electron chi connectivity index (χ4n) is 1.57. The Morgan fingerprint density at radius 3 is 2.71 bits per heavy atom. The zero-order valence-corrected chi connectivity index (χ0v) is 9.85. The van der Waals surface area contributed by atoms with Crippen molar-refractivity contribution in [2.75, 3.05) is 26.2 Å². The number of nitrogens with one attached hydrogen (secondary N) is 1. The Bertz CT molecular complexity index is 229. The summed E-state index contributed by atoms with van der Waals surface area (Å²) in [5.74, 6) is 6.54. The molecule has 0 spiro atoms. The zero-order valence-electron chi connectivity index (χ0n) is 9.85. The second-order valence-corrected chi connectivity index (χ2v) is 5.14. The van der Waals surface area contributed by atoms with Crippen molar-refractivity contribution in [3.63, 3.8) is 0 Å². The van der Waals surface area contributed by atoms with Crippen molar-refractivity contribution in [3.05, 3.63) is 0 Å². The minimum absolute atomic E-state index is 0.139. The first-order valence-electron chi connectivity index (χ1n) is 5.43. The highest BCUT2D eigenvalue weighted by molar-refractivity contribution is 5.08. The van der Waals surface area contributed by atoms with Crippen LogP contribution in [0, 0.1) is 17.3 Å². The normalized spacial score (nSPS) is 24.1. The van der Waals surface area contributed by atoms with E-state index in [0.29, 0.717) is 6.04 Å². The van der Waals surface area contributed by atoms with Gasteiger partial charge in [-0.15, -0.1) is 0 Å². The monoisotopic (exact) mass is 194 g/mol. The molecule has 0 bridgehead atoms. The number of hydrogen-bond acceptors (Lipinski definition) is 2. The molecule has 2 nitrogen and oxygen atoms in total. The molecule has 0 aromatic rings. The van der Waals surface area contributed by atoms with Crippen molar-refractivity contribution in [1.29, 1.82) is 0 Å². The Balaban J connectivity index is 2.33. The van der Waals surface area contributed by atoms with Crippen LogP contribution in [0.1, 0.15) is 27.7 Å². The van der Waals surface area contributed by atoms with E-state index in [9.17, 15) is 0 Å². The van der Waals surface area contributed by atoms with Crippen LogP contribution in [0.2, 0.25) is 0 Å². The molecule has 14 heavy (non-hydrogen) atoms. The molecule has 1 fully saturated rings. The molecular weight excluding hydrogens is 172 g/mol. The van der Waals surface area contributed by atoms with Gasteiger partial charge in [-0.2, -0.15) is 0 Å². The van der Waals surface area contributed by atoms with Gasteiger partial charge in [-0.3, -0.25) is 4.90 Å². The number of nitrogens with zero attached hydrogens (tertiary/aromatic N) is 1. The lowest BCUT2D eigenvalue weighted by molar-refractivity contribution is 0.229. The lowest BCUT2D eigenvalue weighted by Crippen LogP contribution is -2.49. The van der Waals surface area contributed by atoms with Gasteiger partial charge in [0.15, 0.2) is 0 Å². The number of rotatable bonds is 1. The molecule has 1 atom stereocenters. The van der Waals surface area contributed by atoms with Gasteiger partial charge in [0.05, 0.1) is 6.54 Å². The van der Waals surface area contributed by atoms with Crippen molar-refractivity contribution in [2.24, 2.45) is 5.41 Å². The van der Waals surface area contributed by atoms with E-state index in [2.05, 4.69) is 49.8 Å². The van der Waals surface area contributed by atoms with Crippen LogP contribution in [0.3, 0.4) is 0 Å². The van der Waals surface area contributed by atoms with Crippen LogP contribution in [0.25, 0.3) is 0 Å². The van der Waals surface area contributed by atoms with E-state index >= 15 is 0 Å². The SMILES string of the molecule is CC1CN(CC#CC(C)(C)C)CCN1. The van der Waals surface area contributed by atoms with E-state index in [-0.39, 0.29) is 5.41 Å². The summed E-state index contributed by atoms with van der Waals surface area (Å²) in [4.78, 5) is 2.42. The first-order chi connectivity index (χ1) is 6.47. The van der Waals surface area contributed by atoms with E-state index in [1.807, 2.05) is 0 Å². The average Bonchev–Trinajstić information content (AvgIpc) is 2.01. The molecule has 0 aromatic carbocycles.